The molecule has 15 heavy (non-hydrogen) atoms. The largest absolute Gasteiger partial charge is 0.444 e. The molecule has 0 aliphatic rings. The molecule has 0 aliphatic heterocycles. The van der Waals surface area contributed by atoms with Crippen LogP contribution in [0.5, 0.6) is 0 Å². The lowest BCUT2D eigenvalue weighted by atomic mass is 10.2. The molecule has 0 spiro atoms. The summed E-state index contributed by atoms with van der Waals surface area (Å²) in [5.74, 6) is 0. The number of nitrogens with one attached hydrogen (secondary N) is 1. The third kappa shape index (κ3) is 9.28. The Morgan fingerprint density at radius 1 is 1.40 bits per heavy atom. The number of amides is 1. The van der Waals surface area contributed by atoms with Gasteiger partial charge in [-0.25, -0.2) is 4.79 Å². The fourth-order valence-corrected chi connectivity index (χ4v) is 0.825. The molecule has 0 rings (SSSR count). The topological polar surface area (TPSA) is 47.6 Å². The van der Waals surface area contributed by atoms with Gasteiger partial charge in [-0.05, 0) is 34.1 Å². The highest BCUT2D eigenvalue weighted by molar-refractivity contribution is 5.68. The van der Waals surface area contributed by atoms with E-state index in [9.17, 15) is 4.79 Å². The van der Waals surface area contributed by atoms with Gasteiger partial charge in [-0.1, -0.05) is 5.57 Å². The second-order valence-corrected chi connectivity index (χ2v) is 4.38. The Bertz CT molecular complexity index is 228. The smallest absolute Gasteiger partial charge is 0.411 e. The van der Waals surface area contributed by atoms with Crippen LogP contribution in [0.2, 0.25) is 0 Å². The molecule has 0 aromatic rings. The van der Waals surface area contributed by atoms with E-state index < -0.39 is 11.7 Å². The molecular formula is C11H21NO3. The summed E-state index contributed by atoms with van der Waals surface area (Å²) in [6, 6.07) is 0. The van der Waals surface area contributed by atoms with Gasteiger partial charge < -0.3 is 9.47 Å². The summed E-state index contributed by atoms with van der Waals surface area (Å²) in [4.78, 5) is 11.2. The molecule has 0 aromatic carbocycles. The van der Waals surface area contributed by atoms with E-state index in [4.69, 9.17) is 9.47 Å². The van der Waals surface area contributed by atoms with Gasteiger partial charge in [0.1, 0.15) is 5.60 Å². The fraction of sp³-hybridized carbons (Fsp3) is 0.727. The van der Waals surface area contributed by atoms with Crippen molar-refractivity contribution in [3.05, 3.63) is 11.8 Å². The molecule has 0 radical (unpaired) electrons. The Hall–Kier alpha value is -1.03. The molecule has 1 amide bonds. The number of ether oxygens (including phenoxy) is 2. The third-order valence-electron chi connectivity index (χ3n) is 1.54. The first-order valence-electron chi connectivity index (χ1n) is 4.99. The normalized spacial score (nSPS) is 12.5. The SMILES string of the molecule is COCC/C(C)=C\NC(=O)OC(C)(C)C. The molecule has 4 heteroatoms. The molecule has 88 valence electrons. The Morgan fingerprint density at radius 2 is 2.00 bits per heavy atom. The van der Waals surface area contributed by atoms with Crippen LogP contribution in [0.25, 0.3) is 0 Å². The van der Waals surface area contributed by atoms with E-state index in [1.54, 1.807) is 13.3 Å². The van der Waals surface area contributed by atoms with Gasteiger partial charge in [-0.2, -0.15) is 0 Å². The van der Waals surface area contributed by atoms with Gasteiger partial charge in [0, 0.05) is 19.9 Å². The van der Waals surface area contributed by atoms with Gasteiger partial charge in [0.2, 0.25) is 0 Å². The summed E-state index contributed by atoms with van der Waals surface area (Å²) in [5, 5.41) is 2.57. The van der Waals surface area contributed by atoms with Crippen molar-refractivity contribution >= 4 is 6.09 Å². The Kier molecular flexibility index (Phi) is 6.01. The molecule has 0 saturated heterocycles. The highest BCUT2D eigenvalue weighted by atomic mass is 16.6. The maximum absolute atomic E-state index is 11.2. The number of carbonyl (C=O) groups is 1. The Labute approximate surface area is 91.6 Å². The number of hydrogen-bond donors (Lipinski definition) is 1. The average Bonchev–Trinajstić information content (AvgIpc) is 2.08. The van der Waals surface area contributed by atoms with E-state index in [0.29, 0.717) is 6.61 Å². The van der Waals surface area contributed by atoms with Crippen LogP contribution in [0, 0.1) is 0 Å². The second-order valence-electron chi connectivity index (χ2n) is 4.38. The maximum Gasteiger partial charge on any atom is 0.411 e. The van der Waals surface area contributed by atoms with E-state index in [1.165, 1.54) is 0 Å². The van der Waals surface area contributed by atoms with E-state index in [1.807, 2.05) is 27.7 Å². The summed E-state index contributed by atoms with van der Waals surface area (Å²) >= 11 is 0. The van der Waals surface area contributed by atoms with Crippen LogP contribution in [-0.4, -0.2) is 25.4 Å². The zero-order valence-corrected chi connectivity index (χ0v) is 10.2. The maximum atomic E-state index is 11.2. The Morgan fingerprint density at radius 3 is 2.47 bits per heavy atom. The van der Waals surface area contributed by atoms with Gasteiger partial charge in [0.25, 0.3) is 0 Å². The van der Waals surface area contributed by atoms with E-state index in [0.717, 1.165) is 12.0 Å². The van der Waals surface area contributed by atoms with E-state index in [2.05, 4.69) is 5.32 Å². The van der Waals surface area contributed by atoms with Crippen molar-refractivity contribution in [1.82, 2.24) is 5.32 Å². The van der Waals surface area contributed by atoms with Crippen LogP contribution in [0.3, 0.4) is 0 Å². The predicted molar refractivity (Wildman–Crippen MR) is 59.6 cm³/mol. The molecule has 0 aromatic heterocycles. The molecule has 0 aliphatic carbocycles. The molecule has 4 nitrogen and oxygen atoms in total. The van der Waals surface area contributed by atoms with Crippen molar-refractivity contribution in [2.24, 2.45) is 0 Å². The summed E-state index contributed by atoms with van der Waals surface area (Å²) < 4.78 is 9.98. The number of alkyl carbamates (subject to hydrolysis) is 1. The first-order chi connectivity index (χ1) is 6.85. The first kappa shape index (κ1) is 14.0. The molecule has 0 unspecified atom stereocenters. The summed E-state index contributed by atoms with van der Waals surface area (Å²) in [5.41, 5.74) is 0.584. The van der Waals surface area contributed by atoms with Gasteiger partial charge in [0.15, 0.2) is 0 Å². The van der Waals surface area contributed by atoms with Crippen molar-refractivity contribution < 1.29 is 14.3 Å². The van der Waals surface area contributed by atoms with E-state index >= 15 is 0 Å². The molecular weight excluding hydrogens is 194 g/mol. The minimum Gasteiger partial charge on any atom is -0.444 e. The lowest BCUT2D eigenvalue weighted by molar-refractivity contribution is 0.0551. The van der Waals surface area contributed by atoms with Crippen LogP contribution >= 0.6 is 0 Å². The van der Waals surface area contributed by atoms with Crippen molar-refractivity contribution in [3.63, 3.8) is 0 Å². The van der Waals surface area contributed by atoms with Gasteiger partial charge >= 0.3 is 6.09 Å². The first-order valence-corrected chi connectivity index (χ1v) is 4.99. The third-order valence-corrected chi connectivity index (χ3v) is 1.54. The zero-order valence-electron chi connectivity index (χ0n) is 10.2. The summed E-state index contributed by atoms with van der Waals surface area (Å²) in [7, 11) is 1.65. The van der Waals surface area contributed by atoms with Crippen LogP contribution < -0.4 is 5.32 Å². The molecule has 1 N–H and O–H groups in total. The van der Waals surface area contributed by atoms with Crippen LogP contribution in [0.1, 0.15) is 34.1 Å². The predicted octanol–water partition coefficient (Wildman–Crippen LogP) is 2.45. The van der Waals surface area contributed by atoms with Crippen molar-refractivity contribution in [2.45, 2.75) is 39.7 Å². The van der Waals surface area contributed by atoms with Gasteiger partial charge in [0.05, 0.1) is 0 Å². The Balaban J connectivity index is 3.88. The highest BCUT2D eigenvalue weighted by Crippen LogP contribution is 2.06. The number of rotatable bonds is 4. The molecule has 0 heterocycles. The summed E-state index contributed by atoms with van der Waals surface area (Å²) in [6.07, 6.45) is 2.01. The van der Waals surface area contributed by atoms with Gasteiger partial charge in [-0.15, -0.1) is 0 Å². The number of hydrogen-bond acceptors (Lipinski definition) is 3. The molecule has 0 atom stereocenters. The number of carbonyl (C=O) groups excluding carboxylic acids is 1. The average molecular weight is 215 g/mol. The lowest BCUT2D eigenvalue weighted by Gasteiger charge is -2.18. The van der Waals surface area contributed by atoms with Crippen molar-refractivity contribution in [3.8, 4) is 0 Å². The van der Waals surface area contributed by atoms with Gasteiger partial charge in [-0.3, -0.25) is 5.32 Å². The molecule has 0 fully saturated rings. The minimum atomic E-state index is -0.460. The van der Waals surface area contributed by atoms with Crippen molar-refractivity contribution in [2.75, 3.05) is 13.7 Å². The zero-order chi connectivity index (χ0) is 11.9. The monoisotopic (exact) mass is 215 g/mol. The van der Waals surface area contributed by atoms with E-state index in [-0.39, 0.29) is 0 Å². The second kappa shape index (κ2) is 6.45. The summed E-state index contributed by atoms with van der Waals surface area (Å²) in [6.45, 7) is 8.06. The quantitative estimate of drug-likeness (QED) is 0.783. The lowest BCUT2D eigenvalue weighted by Crippen LogP contribution is -2.29. The standard InChI is InChI=1S/C11H21NO3/c1-9(6-7-14-5)8-12-10(13)15-11(2,3)4/h8H,6-7H2,1-5H3,(H,12,13)/b9-8-. The molecule has 0 saturated carbocycles. The fourth-order valence-electron chi connectivity index (χ4n) is 0.825. The highest BCUT2D eigenvalue weighted by Gasteiger charge is 2.14. The molecule has 0 bridgehead atoms. The van der Waals surface area contributed by atoms with Crippen LogP contribution in [0.4, 0.5) is 4.79 Å². The van der Waals surface area contributed by atoms with Crippen LogP contribution in [-0.2, 0) is 9.47 Å². The number of methoxy groups -OCH3 is 1. The van der Waals surface area contributed by atoms with Crippen LogP contribution in [0.15, 0.2) is 11.8 Å². The van der Waals surface area contributed by atoms with Crippen molar-refractivity contribution in [1.29, 1.82) is 0 Å². The minimum absolute atomic E-state index is 0.431.